The molecule has 0 saturated heterocycles. The van der Waals surface area contributed by atoms with Gasteiger partial charge in [-0.25, -0.2) is 4.79 Å². The first-order chi connectivity index (χ1) is 13.5. The lowest BCUT2D eigenvalue weighted by atomic mass is 10.2. The van der Waals surface area contributed by atoms with Crippen LogP contribution in [0.1, 0.15) is 22.8 Å². The van der Waals surface area contributed by atoms with Crippen LogP contribution in [0.2, 0.25) is 0 Å². The molecule has 2 aromatic rings. The lowest BCUT2D eigenvalue weighted by Gasteiger charge is -2.13. The molecule has 0 bridgehead atoms. The van der Waals surface area contributed by atoms with E-state index in [1.165, 1.54) is 13.2 Å². The maximum atomic E-state index is 12.3. The Balaban J connectivity index is 1.94. The quantitative estimate of drug-likeness (QED) is 0.588. The largest absolute Gasteiger partial charge is 0.496 e. The minimum Gasteiger partial charge on any atom is -0.496 e. The third-order valence-electron chi connectivity index (χ3n) is 3.76. The van der Waals surface area contributed by atoms with Crippen molar-refractivity contribution in [1.82, 2.24) is 5.32 Å². The topological polar surface area (TPSA) is 83.1 Å². The van der Waals surface area contributed by atoms with Gasteiger partial charge in [0.15, 0.2) is 18.1 Å². The Morgan fingerprint density at radius 3 is 2.46 bits per heavy atom. The number of ether oxygens (including phenoxy) is 4. The van der Waals surface area contributed by atoms with Crippen molar-refractivity contribution in [3.63, 3.8) is 0 Å². The first kappa shape index (κ1) is 21.6. The van der Waals surface area contributed by atoms with Crippen LogP contribution in [0.3, 0.4) is 0 Å². The van der Waals surface area contributed by atoms with Gasteiger partial charge in [0.05, 0.1) is 30.9 Å². The number of nitrogens with one attached hydrogen (secondary N) is 1. The maximum Gasteiger partial charge on any atom is 0.338 e. The molecule has 2 rings (SSSR count). The summed E-state index contributed by atoms with van der Waals surface area (Å²) in [5.74, 6) is 0.497. The average molecular weight is 452 g/mol. The van der Waals surface area contributed by atoms with E-state index in [-0.39, 0.29) is 12.1 Å². The van der Waals surface area contributed by atoms with E-state index in [1.54, 1.807) is 19.2 Å². The molecule has 2 aromatic carbocycles. The standard InChI is InChI=1S/C20H22BrNO6/c1-4-27-19-15(21)9-14(10-17(19)26-3)20(24)28-12-18(23)22-11-13-7-5-6-8-16(13)25-2/h5-10H,4,11-12H2,1-3H3,(H,22,23). The molecule has 0 aromatic heterocycles. The van der Waals surface area contributed by atoms with Gasteiger partial charge in [-0.05, 0) is 41.1 Å². The SMILES string of the molecule is CCOc1c(Br)cc(C(=O)OCC(=O)NCc2ccccc2OC)cc1OC. The summed E-state index contributed by atoms with van der Waals surface area (Å²) in [6, 6.07) is 10.4. The van der Waals surface area contributed by atoms with Gasteiger partial charge >= 0.3 is 5.97 Å². The molecule has 0 unspecified atom stereocenters. The second-order valence-electron chi connectivity index (χ2n) is 5.59. The molecule has 0 aliphatic rings. The molecular formula is C20H22BrNO6. The Bertz CT molecular complexity index is 839. The van der Waals surface area contributed by atoms with Gasteiger partial charge in [-0.15, -0.1) is 0 Å². The van der Waals surface area contributed by atoms with Crippen LogP contribution in [0.4, 0.5) is 0 Å². The molecule has 0 aliphatic heterocycles. The second-order valence-corrected chi connectivity index (χ2v) is 6.44. The molecule has 0 heterocycles. The number of carbonyl (C=O) groups is 2. The van der Waals surface area contributed by atoms with Crippen molar-refractivity contribution in [3.05, 3.63) is 52.0 Å². The maximum absolute atomic E-state index is 12.3. The first-order valence-corrected chi connectivity index (χ1v) is 9.35. The van der Waals surface area contributed by atoms with Crippen LogP contribution in [-0.4, -0.2) is 39.3 Å². The Labute approximate surface area is 172 Å². The second kappa shape index (κ2) is 10.6. The Morgan fingerprint density at radius 1 is 1.07 bits per heavy atom. The van der Waals surface area contributed by atoms with Crippen molar-refractivity contribution >= 4 is 27.8 Å². The highest BCUT2D eigenvalue weighted by molar-refractivity contribution is 9.10. The van der Waals surface area contributed by atoms with Crippen molar-refractivity contribution in [2.75, 3.05) is 27.4 Å². The number of halogens is 1. The van der Waals surface area contributed by atoms with Crippen LogP contribution in [0, 0.1) is 0 Å². The van der Waals surface area contributed by atoms with Gasteiger partial charge in [0.1, 0.15) is 5.75 Å². The predicted molar refractivity (Wildman–Crippen MR) is 107 cm³/mol. The summed E-state index contributed by atoms with van der Waals surface area (Å²) in [6.07, 6.45) is 0. The molecule has 1 N–H and O–H groups in total. The van der Waals surface area contributed by atoms with Crippen molar-refractivity contribution in [3.8, 4) is 17.2 Å². The van der Waals surface area contributed by atoms with Gasteiger partial charge in [-0.1, -0.05) is 18.2 Å². The molecule has 0 aliphatic carbocycles. The van der Waals surface area contributed by atoms with Gasteiger partial charge < -0.3 is 24.3 Å². The van der Waals surface area contributed by atoms with E-state index in [2.05, 4.69) is 21.2 Å². The average Bonchev–Trinajstić information content (AvgIpc) is 2.71. The van der Waals surface area contributed by atoms with Crippen molar-refractivity contribution < 1.29 is 28.5 Å². The lowest BCUT2D eigenvalue weighted by molar-refractivity contribution is -0.124. The summed E-state index contributed by atoms with van der Waals surface area (Å²) in [5.41, 5.74) is 1.06. The monoisotopic (exact) mass is 451 g/mol. The van der Waals surface area contributed by atoms with Crippen LogP contribution in [0.15, 0.2) is 40.9 Å². The fourth-order valence-electron chi connectivity index (χ4n) is 2.43. The molecule has 7 nitrogen and oxygen atoms in total. The molecule has 0 fully saturated rings. The Kier molecular flexibility index (Phi) is 8.13. The van der Waals surface area contributed by atoms with Gasteiger partial charge in [0, 0.05) is 12.1 Å². The molecule has 150 valence electrons. The van der Waals surface area contributed by atoms with Crippen LogP contribution < -0.4 is 19.5 Å². The number of rotatable bonds is 9. The van der Waals surface area contributed by atoms with Gasteiger partial charge in [0.2, 0.25) is 0 Å². The number of methoxy groups -OCH3 is 2. The number of esters is 1. The lowest BCUT2D eigenvalue weighted by Crippen LogP contribution is -2.28. The Hall–Kier alpha value is -2.74. The van der Waals surface area contributed by atoms with E-state index in [4.69, 9.17) is 18.9 Å². The zero-order chi connectivity index (χ0) is 20.5. The summed E-state index contributed by atoms with van der Waals surface area (Å²) in [5, 5.41) is 2.69. The zero-order valence-electron chi connectivity index (χ0n) is 15.9. The van der Waals surface area contributed by atoms with Gasteiger partial charge in [0.25, 0.3) is 5.91 Å². The fourth-order valence-corrected chi connectivity index (χ4v) is 2.99. The van der Waals surface area contributed by atoms with Crippen LogP contribution >= 0.6 is 15.9 Å². The van der Waals surface area contributed by atoms with Crippen LogP contribution in [0.5, 0.6) is 17.2 Å². The highest BCUT2D eigenvalue weighted by Crippen LogP contribution is 2.36. The zero-order valence-corrected chi connectivity index (χ0v) is 17.5. The predicted octanol–water partition coefficient (Wildman–Crippen LogP) is 3.34. The third kappa shape index (κ3) is 5.63. The molecule has 28 heavy (non-hydrogen) atoms. The molecule has 1 amide bonds. The van der Waals surface area contributed by atoms with E-state index in [0.29, 0.717) is 28.3 Å². The van der Waals surface area contributed by atoms with Gasteiger partial charge in [-0.2, -0.15) is 0 Å². The fraction of sp³-hybridized carbons (Fsp3) is 0.300. The highest BCUT2D eigenvalue weighted by atomic mass is 79.9. The van der Waals surface area contributed by atoms with Crippen LogP contribution in [-0.2, 0) is 16.1 Å². The van der Waals surface area contributed by atoms with Crippen LogP contribution in [0.25, 0.3) is 0 Å². The molecule has 0 radical (unpaired) electrons. The minimum absolute atomic E-state index is 0.240. The summed E-state index contributed by atoms with van der Waals surface area (Å²) in [6.45, 7) is 2.16. The smallest absolute Gasteiger partial charge is 0.338 e. The van der Waals surface area contributed by atoms with Crippen molar-refractivity contribution in [2.24, 2.45) is 0 Å². The van der Waals surface area contributed by atoms with E-state index < -0.39 is 18.5 Å². The van der Waals surface area contributed by atoms with E-state index in [0.717, 1.165) is 5.56 Å². The van der Waals surface area contributed by atoms with E-state index in [9.17, 15) is 9.59 Å². The summed E-state index contributed by atoms with van der Waals surface area (Å²) >= 11 is 3.35. The number of carbonyl (C=O) groups excluding carboxylic acids is 2. The van der Waals surface area contributed by atoms with Gasteiger partial charge in [-0.3, -0.25) is 4.79 Å². The molecule has 0 saturated carbocycles. The molecular weight excluding hydrogens is 430 g/mol. The molecule has 0 atom stereocenters. The number of para-hydroxylation sites is 1. The molecule has 8 heteroatoms. The first-order valence-electron chi connectivity index (χ1n) is 8.56. The Morgan fingerprint density at radius 2 is 1.79 bits per heavy atom. The minimum atomic E-state index is -0.644. The van der Waals surface area contributed by atoms with E-state index in [1.807, 2.05) is 25.1 Å². The van der Waals surface area contributed by atoms with Crippen molar-refractivity contribution in [1.29, 1.82) is 0 Å². The summed E-state index contributed by atoms with van der Waals surface area (Å²) < 4.78 is 21.6. The summed E-state index contributed by atoms with van der Waals surface area (Å²) in [4.78, 5) is 24.3. The number of benzene rings is 2. The van der Waals surface area contributed by atoms with Crippen molar-refractivity contribution in [2.45, 2.75) is 13.5 Å². The number of hydrogen-bond donors (Lipinski definition) is 1. The number of hydrogen-bond acceptors (Lipinski definition) is 6. The third-order valence-corrected chi connectivity index (χ3v) is 4.35. The summed E-state index contributed by atoms with van der Waals surface area (Å²) in [7, 11) is 3.04. The molecule has 0 spiro atoms. The number of amides is 1. The normalized spacial score (nSPS) is 10.1. The highest BCUT2D eigenvalue weighted by Gasteiger charge is 2.17. The van der Waals surface area contributed by atoms with E-state index >= 15 is 0 Å².